The summed E-state index contributed by atoms with van der Waals surface area (Å²) in [6.07, 6.45) is 82.1. The van der Waals surface area contributed by atoms with Crippen LogP contribution in [0.3, 0.4) is 0 Å². The molecule has 6 heteroatoms. The predicted molar refractivity (Wildman–Crippen MR) is 297 cm³/mol. The monoisotopic (exact) mass is 947 g/mol. The Kier molecular flexibility index (Phi) is 51.2. The fourth-order valence-corrected chi connectivity index (χ4v) is 6.32. The SMILES string of the molecule is CC/C=C\C/C=C\C/C=C\C/C=C\C/C=C\C/C=C\CCCCC(=O)OCC(COC(=O)CCCCC/C=C\C/C=C\C/C=C\CC)OC(=O)CCC/C=C\C/C=C\C/C=C\C/C=C\C/C=C\CC. The lowest BCUT2D eigenvalue weighted by molar-refractivity contribution is -0.167. The standard InChI is InChI=1S/C63H94O6/c1-4-7-10-13-16-19-22-25-27-29-30-31-32-34-35-38-41-44-47-50-53-56-62(65)68-59-60(58-67-61(64)55-52-49-46-43-40-37-24-21-18-15-12-9-6-3)69-63(66)57-54-51-48-45-42-39-36-33-28-26-23-20-17-14-11-8-5-2/h7-12,16-21,25-28,30-31,34-37,39-41,44-45,48,60H,4-6,13-15,22-24,29,32-33,38,42-43,46-47,49-59H2,1-3H3/b10-7-,11-8-,12-9-,19-16-,20-17-,21-18-,27-25-,28-26-,31-30-,35-34-,39-36-,40-37-,44-41-,48-45-. The molecule has 0 saturated heterocycles. The number of carbonyl (C=O) groups excluding carboxylic acids is 3. The van der Waals surface area contributed by atoms with Crippen molar-refractivity contribution in [1.29, 1.82) is 0 Å². The third kappa shape index (κ3) is 53.6. The number of ether oxygens (including phenoxy) is 3. The van der Waals surface area contributed by atoms with Gasteiger partial charge in [-0.05, 0) is 141 Å². The summed E-state index contributed by atoms with van der Waals surface area (Å²) < 4.78 is 16.7. The third-order valence-electron chi connectivity index (χ3n) is 10.2. The molecule has 0 aliphatic carbocycles. The Labute approximate surface area is 422 Å². The minimum atomic E-state index is -0.847. The van der Waals surface area contributed by atoms with Crippen LogP contribution in [-0.2, 0) is 28.6 Å². The normalized spacial score (nSPS) is 13.5. The molecule has 1 atom stereocenters. The number of esters is 3. The molecule has 6 nitrogen and oxygen atoms in total. The number of unbranched alkanes of at least 4 members (excludes halogenated alkanes) is 6. The molecule has 0 rings (SSSR count). The Balaban J connectivity index is 4.62. The van der Waals surface area contributed by atoms with Gasteiger partial charge in [0.15, 0.2) is 6.10 Å². The maximum Gasteiger partial charge on any atom is 0.306 e. The van der Waals surface area contributed by atoms with E-state index < -0.39 is 12.1 Å². The van der Waals surface area contributed by atoms with Crippen molar-refractivity contribution in [3.05, 3.63) is 170 Å². The van der Waals surface area contributed by atoms with Gasteiger partial charge in [0.1, 0.15) is 13.2 Å². The summed E-state index contributed by atoms with van der Waals surface area (Å²) in [6, 6.07) is 0. The molecular formula is C63H94O6. The summed E-state index contributed by atoms with van der Waals surface area (Å²) >= 11 is 0. The number of hydrogen-bond donors (Lipinski definition) is 0. The second kappa shape index (κ2) is 55.4. The van der Waals surface area contributed by atoms with E-state index in [1.165, 1.54) is 0 Å². The van der Waals surface area contributed by atoms with Crippen molar-refractivity contribution >= 4 is 17.9 Å². The van der Waals surface area contributed by atoms with Gasteiger partial charge in [-0.15, -0.1) is 0 Å². The van der Waals surface area contributed by atoms with Gasteiger partial charge >= 0.3 is 17.9 Å². The van der Waals surface area contributed by atoms with Crippen LogP contribution in [0.2, 0.25) is 0 Å². The highest BCUT2D eigenvalue weighted by molar-refractivity contribution is 5.71. The highest BCUT2D eigenvalue weighted by Gasteiger charge is 2.19. The van der Waals surface area contributed by atoms with Crippen molar-refractivity contribution in [1.82, 2.24) is 0 Å². The molecule has 69 heavy (non-hydrogen) atoms. The predicted octanol–water partition coefficient (Wildman–Crippen LogP) is 18.0. The van der Waals surface area contributed by atoms with Crippen LogP contribution in [0, 0.1) is 0 Å². The van der Waals surface area contributed by atoms with Crippen molar-refractivity contribution in [2.24, 2.45) is 0 Å². The molecule has 0 aromatic carbocycles. The van der Waals surface area contributed by atoms with E-state index in [4.69, 9.17) is 14.2 Å². The second-order valence-corrected chi connectivity index (χ2v) is 16.6. The van der Waals surface area contributed by atoms with Crippen LogP contribution in [0.15, 0.2) is 170 Å². The Bertz CT molecular complexity index is 1650. The lowest BCUT2D eigenvalue weighted by Gasteiger charge is -2.18. The van der Waals surface area contributed by atoms with Crippen LogP contribution in [0.4, 0.5) is 0 Å². The number of allylic oxidation sites excluding steroid dienone is 28. The highest BCUT2D eigenvalue weighted by Crippen LogP contribution is 2.10. The van der Waals surface area contributed by atoms with E-state index in [0.717, 1.165) is 135 Å². The summed E-state index contributed by atoms with van der Waals surface area (Å²) in [4.78, 5) is 38.0. The Morgan fingerprint density at radius 2 is 0.536 bits per heavy atom. The molecule has 0 heterocycles. The lowest BCUT2D eigenvalue weighted by Crippen LogP contribution is -2.30. The van der Waals surface area contributed by atoms with Crippen LogP contribution >= 0.6 is 0 Å². The Morgan fingerprint density at radius 3 is 0.855 bits per heavy atom. The second-order valence-electron chi connectivity index (χ2n) is 16.6. The van der Waals surface area contributed by atoms with E-state index in [2.05, 4.69) is 191 Å². The van der Waals surface area contributed by atoms with Crippen LogP contribution in [0.25, 0.3) is 0 Å². The van der Waals surface area contributed by atoms with E-state index in [9.17, 15) is 14.4 Å². The number of carbonyl (C=O) groups is 3. The molecule has 0 saturated carbocycles. The minimum Gasteiger partial charge on any atom is -0.462 e. The molecule has 382 valence electrons. The number of rotatable bonds is 45. The van der Waals surface area contributed by atoms with E-state index in [-0.39, 0.29) is 38.0 Å². The molecule has 0 aliphatic heterocycles. The molecule has 0 spiro atoms. The quantitative estimate of drug-likeness (QED) is 0.0262. The molecule has 0 amide bonds. The summed E-state index contributed by atoms with van der Waals surface area (Å²) in [5.41, 5.74) is 0. The average Bonchev–Trinajstić information content (AvgIpc) is 3.35. The van der Waals surface area contributed by atoms with Gasteiger partial charge in [-0.25, -0.2) is 0 Å². The highest BCUT2D eigenvalue weighted by atomic mass is 16.6. The van der Waals surface area contributed by atoms with Gasteiger partial charge in [0.05, 0.1) is 0 Å². The van der Waals surface area contributed by atoms with Gasteiger partial charge in [0, 0.05) is 19.3 Å². The molecule has 1 unspecified atom stereocenters. The van der Waals surface area contributed by atoms with Crippen molar-refractivity contribution in [3.63, 3.8) is 0 Å². The fourth-order valence-electron chi connectivity index (χ4n) is 6.32. The summed E-state index contributed by atoms with van der Waals surface area (Å²) in [6.45, 7) is 6.15. The Hall–Kier alpha value is -5.23. The van der Waals surface area contributed by atoms with Gasteiger partial charge in [-0.2, -0.15) is 0 Å². The molecule has 0 bridgehead atoms. The summed E-state index contributed by atoms with van der Waals surface area (Å²) in [5.74, 6) is -1.08. The first-order chi connectivity index (χ1) is 34.0. The van der Waals surface area contributed by atoms with Crippen LogP contribution in [-0.4, -0.2) is 37.2 Å². The van der Waals surface area contributed by atoms with E-state index in [1.54, 1.807) is 0 Å². The van der Waals surface area contributed by atoms with Gasteiger partial charge in [0.2, 0.25) is 0 Å². The van der Waals surface area contributed by atoms with Gasteiger partial charge < -0.3 is 14.2 Å². The van der Waals surface area contributed by atoms with Crippen molar-refractivity contribution < 1.29 is 28.6 Å². The molecule has 0 aliphatic rings. The number of hydrogen-bond acceptors (Lipinski definition) is 6. The summed E-state index contributed by atoms with van der Waals surface area (Å²) in [5, 5.41) is 0. The first-order valence-corrected chi connectivity index (χ1v) is 26.6. The van der Waals surface area contributed by atoms with Gasteiger partial charge in [-0.1, -0.05) is 197 Å². The molecule has 0 radical (unpaired) electrons. The summed E-state index contributed by atoms with van der Waals surface area (Å²) in [7, 11) is 0. The van der Waals surface area contributed by atoms with Crippen molar-refractivity contribution in [2.75, 3.05) is 13.2 Å². The van der Waals surface area contributed by atoms with Gasteiger partial charge in [-0.3, -0.25) is 14.4 Å². The van der Waals surface area contributed by atoms with Crippen LogP contribution in [0.1, 0.15) is 188 Å². The average molecular weight is 947 g/mol. The molecule has 0 N–H and O–H groups in total. The van der Waals surface area contributed by atoms with Crippen LogP contribution in [0.5, 0.6) is 0 Å². The van der Waals surface area contributed by atoms with Gasteiger partial charge in [0.25, 0.3) is 0 Å². The zero-order valence-electron chi connectivity index (χ0n) is 43.5. The van der Waals surface area contributed by atoms with Crippen molar-refractivity contribution in [2.45, 2.75) is 194 Å². The third-order valence-corrected chi connectivity index (χ3v) is 10.2. The lowest BCUT2D eigenvalue weighted by atomic mass is 10.1. The zero-order chi connectivity index (χ0) is 50.0. The van der Waals surface area contributed by atoms with Crippen LogP contribution < -0.4 is 0 Å². The zero-order valence-corrected chi connectivity index (χ0v) is 43.5. The van der Waals surface area contributed by atoms with E-state index in [1.807, 2.05) is 0 Å². The van der Waals surface area contributed by atoms with E-state index in [0.29, 0.717) is 19.3 Å². The Morgan fingerprint density at radius 1 is 0.290 bits per heavy atom. The molecule has 0 aromatic rings. The molecular weight excluding hydrogens is 853 g/mol. The minimum absolute atomic E-state index is 0.139. The molecule has 0 aromatic heterocycles. The first kappa shape index (κ1) is 63.8. The fraction of sp³-hybridized carbons (Fsp3) is 0.508. The van der Waals surface area contributed by atoms with E-state index >= 15 is 0 Å². The smallest absolute Gasteiger partial charge is 0.306 e. The largest absolute Gasteiger partial charge is 0.462 e. The maximum atomic E-state index is 12.8. The molecule has 0 fully saturated rings. The maximum absolute atomic E-state index is 12.8. The van der Waals surface area contributed by atoms with Crippen molar-refractivity contribution in [3.8, 4) is 0 Å². The topological polar surface area (TPSA) is 78.9 Å². The first-order valence-electron chi connectivity index (χ1n) is 26.6.